The lowest BCUT2D eigenvalue weighted by molar-refractivity contribution is 0.385. The van der Waals surface area contributed by atoms with Gasteiger partial charge in [-0.1, -0.05) is 20.8 Å². The highest BCUT2D eigenvalue weighted by Crippen LogP contribution is 2.05. The van der Waals surface area contributed by atoms with Crippen molar-refractivity contribution in [3.8, 4) is 0 Å². The first-order valence-electron chi connectivity index (χ1n) is 6.37. The smallest absolute Gasteiger partial charge is 0.309 e. The molecular formula is C13H23N3O2. The van der Waals surface area contributed by atoms with Gasteiger partial charge in [-0.15, -0.1) is 0 Å². The lowest BCUT2D eigenvalue weighted by Crippen LogP contribution is -2.41. The molecule has 0 saturated heterocycles. The molecule has 0 saturated carbocycles. The first-order valence-corrected chi connectivity index (χ1v) is 6.37. The monoisotopic (exact) mass is 253 g/mol. The molecule has 0 radical (unpaired) electrons. The molecule has 0 spiro atoms. The maximum absolute atomic E-state index is 11.9. The Bertz CT molecular complexity index is 514. The molecule has 0 fully saturated rings. The maximum Gasteiger partial charge on any atom is 0.330 e. The van der Waals surface area contributed by atoms with Gasteiger partial charge in [-0.25, -0.2) is 4.79 Å². The Kier molecular flexibility index (Phi) is 4.90. The topological polar surface area (TPSA) is 56.0 Å². The summed E-state index contributed by atoms with van der Waals surface area (Å²) >= 11 is 0. The average molecular weight is 253 g/mol. The van der Waals surface area contributed by atoms with Gasteiger partial charge < -0.3 is 9.88 Å². The van der Waals surface area contributed by atoms with E-state index >= 15 is 0 Å². The second-order valence-corrected chi connectivity index (χ2v) is 5.05. The van der Waals surface area contributed by atoms with E-state index in [2.05, 4.69) is 26.1 Å². The van der Waals surface area contributed by atoms with Crippen LogP contribution < -0.4 is 16.6 Å². The number of aryl methyl sites for hydroxylation is 1. The van der Waals surface area contributed by atoms with Gasteiger partial charge in [-0.2, -0.15) is 0 Å². The van der Waals surface area contributed by atoms with E-state index in [0.29, 0.717) is 24.1 Å². The van der Waals surface area contributed by atoms with Crippen LogP contribution in [0.25, 0.3) is 0 Å². The van der Waals surface area contributed by atoms with Crippen molar-refractivity contribution in [1.82, 2.24) is 14.5 Å². The molecule has 0 aliphatic heterocycles. The standard InChI is InChI=1S/C13H23N3O2/c1-6-11(9(2)3)14-7-10-8-15(4)13(18)16(5)12(10)17/h8-9,11,14H,6-7H2,1-5H3. The van der Waals surface area contributed by atoms with Crippen LogP contribution in [-0.4, -0.2) is 15.2 Å². The third-order valence-corrected chi connectivity index (χ3v) is 3.32. The summed E-state index contributed by atoms with van der Waals surface area (Å²) in [5, 5.41) is 3.37. The Labute approximate surface area is 107 Å². The zero-order chi connectivity index (χ0) is 13.9. The summed E-state index contributed by atoms with van der Waals surface area (Å²) in [5.74, 6) is 0.520. The molecule has 1 N–H and O–H groups in total. The van der Waals surface area contributed by atoms with E-state index in [-0.39, 0.29) is 11.2 Å². The molecule has 0 aliphatic carbocycles. The Morgan fingerprint density at radius 3 is 2.39 bits per heavy atom. The molecule has 1 unspecified atom stereocenters. The van der Waals surface area contributed by atoms with E-state index < -0.39 is 0 Å². The highest BCUT2D eigenvalue weighted by atomic mass is 16.2. The van der Waals surface area contributed by atoms with Gasteiger partial charge in [-0.05, 0) is 12.3 Å². The Hall–Kier alpha value is -1.36. The Morgan fingerprint density at radius 1 is 1.28 bits per heavy atom. The van der Waals surface area contributed by atoms with Crippen molar-refractivity contribution in [2.24, 2.45) is 20.0 Å². The highest BCUT2D eigenvalue weighted by Gasteiger charge is 2.12. The number of hydrogen-bond donors (Lipinski definition) is 1. The van der Waals surface area contributed by atoms with Crippen LogP contribution in [0.15, 0.2) is 15.8 Å². The quantitative estimate of drug-likeness (QED) is 0.836. The third kappa shape index (κ3) is 3.10. The van der Waals surface area contributed by atoms with Crippen LogP contribution in [0.1, 0.15) is 32.8 Å². The summed E-state index contributed by atoms with van der Waals surface area (Å²) < 4.78 is 2.59. The van der Waals surface area contributed by atoms with Gasteiger partial charge in [0, 0.05) is 38.4 Å². The van der Waals surface area contributed by atoms with Crippen molar-refractivity contribution in [1.29, 1.82) is 0 Å². The fraction of sp³-hybridized carbons (Fsp3) is 0.692. The second kappa shape index (κ2) is 6.00. The van der Waals surface area contributed by atoms with Gasteiger partial charge in [0.2, 0.25) is 0 Å². The van der Waals surface area contributed by atoms with E-state index in [1.165, 1.54) is 11.6 Å². The van der Waals surface area contributed by atoms with Crippen LogP contribution >= 0.6 is 0 Å². The van der Waals surface area contributed by atoms with Gasteiger partial charge in [0.25, 0.3) is 5.56 Å². The Balaban J connectivity index is 2.93. The summed E-state index contributed by atoms with van der Waals surface area (Å²) in [4.78, 5) is 23.5. The van der Waals surface area contributed by atoms with Crippen LogP contribution in [0.2, 0.25) is 0 Å². The van der Waals surface area contributed by atoms with Crippen molar-refractivity contribution in [2.75, 3.05) is 0 Å². The van der Waals surface area contributed by atoms with Crippen molar-refractivity contribution < 1.29 is 0 Å². The van der Waals surface area contributed by atoms with Crippen molar-refractivity contribution in [3.63, 3.8) is 0 Å². The first kappa shape index (κ1) is 14.7. The van der Waals surface area contributed by atoms with E-state index in [1.807, 2.05) is 0 Å². The summed E-state index contributed by atoms with van der Waals surface area (Å²) in [5.41, 5.74) is 0.113. The number of nitrogens with zero attached hydrogens (tertiary/aromatic N) is 2. The second-order valence-electron chi connectivity index (χ2n) is 5.05. The lowest BCUT2D eigenvalue weighted by atomic mass is 10.0. The van der Waals surface area contributed by atoms with Crippen molar-refractivity contribution in [2.45, 2.75) is 39.8 Å². The predicted molar refractivity (Wildman–Crippen MR) is 72.7 cm³/mol. The number of hydrogen-bond acceptors (Lipinski definition) is 3. The number of rotatable bonds is 5. The third-order valence-electron chi connectivity index (χ3n) is 3.32. The minimum atomic E-state index is -0.292. The van der Waals surface area contributed by atoms with E-state index in [0.717, 1.165) is 11.0 Å². The summed E-state index contributed by atoms with van der Waals surface area (Å²) in [6.07, 6.45) is 2.63. The zero-order valence-electron chi connectivity index (χ0n) is 11.9. The predicted octanol–water partition coefficient (Wildman–Crippen LogP) is 0.608. The lowest BCUT2D eigenvalue weighted by Gasteiger charge is -2.20. The summed E-state index contributed by atoms with van der Waals surface area (Å²) in [6.45, 7) is 6.92. The molecule has 0 bridgehead atoms. The molecule has 102 valence electrons. The SMILES string of the molecule is CCC(NCc1cn(C)c(=O)n(C)c1=O)C(C)C. The van der Waals surface area contributed by atoms with Crippen LogP contribution in [0.3, 0.4) is 0 Å². The normalized spacial score (nSPS) is 13.0. The maximum atomic E-state index is 11.9. The van der Waals surface area contributed by atoms with Gasteiger partial charge in [0.1, 0.15) is 0 Å². The molecular weight excluding hydrogens is 230 g/mol. The summed E-state index contributed by atoms with van der Waals surface area (Å²) in [6, 6.07) is 0.381. The summed E-state index contributed by atoms with van der Waals surface area (Å²) in [7, 11) is 3.17. The number of nitrogens with one attached hydrogen (secondary N) is 1. The minimum Gasteiger partial charge on any atom is -0.309 e. The van der Waals surface area contributed by atoms with Gasteiger partial charge in [-0.3, -0.25) is 9.36 Å². The molecule has 18 heavy (non-hydrogen) atoms. The van der Waals surface area contributed by atoms with Crippen molar-refractivity contribution in [3.05, 3.63) is 32.6 Å². The molecule has 1 rings (SSSR count). The van der Waals surface area contributed by atoms with Gasteiger partial charge in [0.15, 0.2) is 0 Å². The van der Waals surface area contributed by atoms with Gasteiger partial charge >= 0.3 is 5.69 Å². The highest BCUT2D eigenvalue weighted by molar-refractivity contribution is 5.05. The van der Waals surface area contributed by atoms with E-state index in [4.69, 9.17) is 0 Å². The van der Waals surface area contributed by atoms with Crippen LogP contribution in [0.5, 0.6) is 0 Å². The van der Waals surface area contributed by atoms with Crippen LogP contribution in [0.4, 0.5) is 0 Å². The molecule has 1 aromatic heterocycles. The van der Waals surface area contributed by atoms with Crippen LogP contribution in [-0.2, 0) is 20.6 Å². The molecule has 0 amide bonds. The van der Waals surface area contributed by atoms with Crippen LogP contribution in [0, 0.1) is 5.92 Å². The fourth-order valence-corrected chi connectivity index (χ4v) is 2.10. The molecule has 1 heterocycles. The van der Waals surface area contributed by atoms with Gasteiger partial charge in [0.05, 0.1) is 0 Å². The zero-order valence-corrected chi connectivity index (χ0v) is 11.9. The van der Waals surface area contributed by atoms with E-state index in [9.17, 15) is 9.59 Å². The molecule has 5 heteroatoms. The molecule has 1 aromatic rings. The molecule has 0 aliphatic rings. The van der Waals surface area contributed by atoms with Crippen molar-refractivity contribution >= 4 is 0 Å². The molecule has 0 aromatic carbocycles. The first-order chi connectivity index (χ1) is 8.38. The molecule has 5 nitrogen and oxygen atoms in total. The molecule has 1 atom stereocenters. The average Bonchev–Trinajstić information content (AvgIpc) is 2.33. The largest absolute Gasteiger partial charge is 0.330 e. The fourth-order valence-electron chi connectivity index (χ4n) is 2.10. The number of aromatic nitrogens is 2. The Morgan fingerprint density at radius 2 is 1.89 bits per heavy atom. The van der Waals surface area contributed by atoms with E-state index in [1.54, 1.807) is 13.2 Å². The minimum absolute atomic E-state index is 0.218.